The molecule has 1 saturated heterocycles. The third kappa shape index (κ3) is 4.36. The van der Waals surface area contributed by atoms with Crippen LogP contribution in [-0.2, 0) is 11.2 Å². The third-order valence-electron chi connectivity index (χ3n) is 3.68. The van der Waals surface area contributed by atoms with E-state index in [1.807, 2.05) is 6.07 Å². The molecule has 1 amide bonds. The van der Waals surface area contributed by atoms with Crippen LogP contribution >= 0.6 is 0 Å². The Morgan fingerprint density at radius 1 is 1.40 bits per heavy atom. The monoisotopic (exact) mass is 271 g/mol. The van der Waals surface area contributed by atoms with Crippen LogP contribution < -0.4 is 5.32 Å². The molecular weight excluding hydrogens is 250 g/mol. The highest BCUT2D eigenvalue weighted by Crippen LogP contribution is 2.21. The lowest BCUT2D eigenvalue weighted by atomic mass is 9.88. The Morgan fingerprint density at radius 2 is 2.15 bits per heavy atom. The first-order valence-electron chi connectivity index (χ1n) is 7.07. The largest absolute Gasteiger partial charge is 0.352 e. The van der Waals surface area contributed by atoms with Gasteiger partial charge in [0.1, 0.15) is 0 Å². The van der Waals surface area contributed by atoms with E-state index in [1.54, 1.807) is 6.92 Å². The zero-order valence-corrected chi connectivity index (χ0v) is 11.9. The minimum Gasteiger partial charge on any atom is -0.352 e. The number of nitrogens with zero attached hydrogens (tertiary/aromatic N) is 2. The number of likely N-dealkylation sites (tertiary alicyclic amines) is 1. The number of hydrogen-bond acceptors (Lipinski definition) is 3. The van der Waals surface area contributed by atoms with Crippen LogP contribution in [0.2, 0.25) is 0 Å². The van der Waals surface area contributed by atoms with Gasteiger partial charge in [-0.25, -0.2) is 0 Å². The van der Waals surface area contributed by atoms with Crippen LogP contribution in [0, 0.1) is 17.2 Å². The molecule has 1 fully saturated rings. The fourth-order valence-corrected chi connectivity index (χ4v) is 3.02. The van der Waals surface area contributed by atoms with Crippen molar-refractivity contribution >= 4 is 5.91 Å². The molecule has 2 atom stereocenters. The molecule has 0 aromatic heterocycles. The number of carbonyl (C=O) groups is 1. The summed E-state index contributed by atoms with van der Waals surface area (Å²) in [6, 6.07) is 12.8. The molecule has 0 bridgehead atoms. The van der Waals surface area contributed by atoms with Crippen molar-refractivity contribution in [1.82, 2.24) is 10.2 Å². The van der Waals surface area contributed by atoms with Gasteiger partial charge < -0.3 is 5.32 Å². The molecule has 1 aliphatic rings. The maximum absolute atomic E-state index is 11.2. The van der Waals surface area contributed by atoms with Gasteiger partial charge in [-0.05, 0) is 24.3 Å². The molecule has 1 aromatic rings. The Kier molecular flexibility index (Phi) is 5.14. The molecule has 1 N–H and O–H groups in total. The summed E-state index contributed by atoms with van der Waals surface area (Å²) in [6.07, 6.45) is 1.98. The smallest absolute Gasteiger partial charge is 0.217 e. The summed E-state index contributed by atoms with van der Waals surface area (Å²) in [4.78, 5) is 13.4. The molecule has 1 aliphatic heterocycles. The SMILES string of the molecule is CC(=O)NC1CC(Cc2ccccc2)CN(CC#N)C1. The third-order valence-corrected chi connectivity index (χ3v) is 3.68. The second kappa shape index (κ2) is 7.06. The van der Waals surface area contributed by atoms with Crippen LogP contribution in [0.5, 0.6) is 0 Å². The Hall–Kier alpha value is -1.86. The van der Waals surface area contributed by atoms with Gasteiger partial charge in [-0.1, -0.05) is 30.3 Å². The Morgan fingerprint density at radius 3 is 2.80 bits per heavy atom. The highest BCUT2D eigenvalue weighted by Gasteiger charge is 2.27. The van der Waals surface area contributed by atoms with Gasteiger partial charge in [-0.2, -0.15) is 5.26 Å². The molecule has 1 heterocycles. The predicted octanol–water partition coefficient (Wildman–Crippen LogP) is 1.58. The zero-order valence-electron chi connectivity index (χ0n) is 11.9. The Bertz CT molecular complexity index is 480. The molecule has 4 heteroatoms. The van der Waals surface area contributed by atoms with Gasteiger partial charge in [0.15, 0.2) is 0 Å². The van der Waals surface area contributed by atoms with E-state index in [4.69, 9.17) is 5.26 Å². The highest BCUT2D eigenvalue weighted by molar-refractivity contribution is 5.73. The summed E-state index contributed by atoms with van der Waals surface area (Å²) >= 11 is 0. The van der Waals surface area contributed by atoms with E-state index in [-0.39, 0.29) is 11.9 Å². The maximum Gasteiger partial charge on any atom is 0.217 e. The molecule has 0 saturated carbocycles. The fourth-order valence-electron chi connectivity index (χ4n) is 3.02. The summed E-state index contributed by atoms with van der Waals surface area (Å²) in [5.41, 5.74) is 1.32. The molecule has 20 heavy (non-hydrogen) atoms. The van der Waals surface area contributed by atoms with Crippen molar-refractivity contribution in [2.75, 3.05) is 19.6 Å². The van der Waals surface area contributed by atoms with Crippen molar-refractivity contribution in [1.29, 1.82) is 5.26 Å². The van der Waals surface area contributed by atoms with Gasteiger partial charge in [0, 0.05) is 26.1 Å². The average Bonchev–Trinajstić information content (AvgIpc) is 2.39. The van der Waals surface area contributed by atoms with Gasteiger partial charge >= 0.3 is 0 Å². The quantitative estimate of drug-likeness (QED) is 0.846. The van der Waals surface area contributed by atoms with E-state index in [2.05, 4.69) is 40.6 Å². The minimum atomic E-state index is 0.00673. The van der Waals surface area contributed by atoms with E-state index in [0.717, 1.165) is 25.9 Å². The van der Waals surface area contributed by atoms with Crippen molar-refractivity contribution in [3.8, 4) is 6.07 Å². The van der Waals surface area contributed by atoms with Gasteiger partial charge in [0.2, 0.25) is 5.91 Å². The van der Waals surface area contributed by atoms with Crippen molar-refractivity contribution in [2.45, 2.75) is 25.8 Å². The molecule has 0 radical (unpaired) electrons. The molecule has 1 aromatic carbocycles. The van der Waals surface area contributed by atoms with Gasteiger partial charge in [-0.15, -0.1) is 0 Å². The van der Waals surface area contributed by atoms with Crippen molar-refractivity contribution in [3.05, 3.63) is 35.9 Å². The molecule has 2 unspecified atom stereocenters. The van der Waals surface area contributed by atoms with Crippen LogP contribution in [0.3, 0.4) is 0 Å². The van der Waals surface area contributed by atoms with E-state index in [1.165, 1.54) is 5.56 Å². The Balaban J connectivity index is 1.99. The first-order valence-corrected chi connectivity index (χ1v) is 7.07. The minimum absolute atomic E-state index is 0.00673. The molecular formula is C16H21N3O. The van der Waals surface area contributed by atoms with Gasteiger partial charge in [0.05, 0.1) is 12.6 Å². The van der Waals surface area contributed by atoms with Crippen LogP contribution in [0.25, 0.3) is 0 Å². The number of carbonyl (C=O) groups excluding carboxylic acids is 1. The molecule has 4 nitrogen and oxygen atoms in total. The summed E-state index contributed by atoms with van der Waals surface area (Å²) in [5, 5.41) is 11.9. The number of nitriles is 1. The lowest BCUT2D eigenvalue weighted by Gasteiger charge is -2.37. The highest BCUT2D eigenvalue weighted by atomic mass is 16.1. The molecule has 2 rings (SSSR count). The van der Waals surface area contributed by atoms with Crippen LogP contribution in [0.4, 0.5) is 0 Å². The number of nitrogens with one attached hydrogen (secondary N) is 1. The number of amides is 1. The molecule has 0 spiro atoms. The summed E-state index contributed by atoms with van der Waals surface area (Å²) in [5.74, 6) is 0.489. The van der Waals surface area contributed by atoms with Crippen molar-refractivity contribution in [3.63, 3.8) is 0 Å². The second-order valence-corrected chi connectivity index (χ2v) is 5.54. The zero-order chi connectivity index (χ0) is 14.4. The summed E-state index contributed by atoms with van der Waals surface area (Å²) < 4.78 is 0. The van der Waals surface area contributed by atoms with Crippen LogP contribution in [0.1, 0.15) is 18.9 Å². The number of piperidine rings is 1. The predicted molar refractivity (Wildman–Crippen MR) is 77.9 cm³/mol. The number of rotatable bonds is 4. The lowest BCUT2D eigenvalue weighted by Crippen LogP contribution is -2.50. The molecule has 0 aliphatic carbocycles. The van der Waals surface area contributed by atoms with Crippen molar-refractivity contribution in [2.24, 2.45) is 5.92 Å². The molecule has 106 valence electrons. The van der Waals surface area contributed by atoms with E-state index in [9.17, 15) is 4.79 Å². The van der Waals surface area contributed by atoms with Gasteiger partial charge in [0.25, 0.3) is 0 Å². The summed E-state index contributed by atoms with van der Waals surface area (Å²) in [6.45, 7) is 3.69. The topological polar surface area (TPSA) is 56.1 Å². The first kappa shape index (κ1) is 14.5. The number of hydrogen-bond donors (Lipinski definition) is 1. The fraction of sp³-hybridized carbons (Fsp3) is 0.500. The van der Waals surface area contributed by atoms with E-state index >= 15 is 0 Å². The average molecular weight is 271 g/mol. The van der Waals surface area contributed by atoms with Crippen LogP contribution in [0.15, 0.2) is 30.3 Å². The van der Waals surface area contributed by atoms with Crippen LogP contribution in [-0.4, -0.2) is 36.5 Å². The van der Waals surface area contributed by atoms with Crippen molar-refractivity contribution < 1.29 is 4.79 Å². The standard InChI is InChI=1S/C16H21N3O/c1-13(20)18-16-10-15(11-19(12-16)8-7-17)9-14-5-3-2-4-6-14/h2-6,15-16H,8-12H2,1H3,(H,18,20). The van der Waals surface area contributed by atoms with Gasteiger partial charge in [-0.3, -0.25) is 9.69 Å². The number of benzene rings is 1. The Labute approximate surface area is 120 Å². The maximum atomic E-state index is 11.2. The normalized spacial score (nSPS) is 23.0. The van der Waals surface area contributed by atoms with E-state index < -0.39 is 0 Å². The summed E-state index contributed by atoms with van der Waals surface area (Å²) in [7, 11) is 0. The first-order chi connectivity index (χ1) is 9.67. The van der Waals surface area contributed by atoms with E-state index in [0.29, 0.717) is 12.5 Å². The second-order valence-electron chi connectivity index (χ2n) is 5.54. The lowest BCUT2D eigenvalue weighted by molar-refractivity contribution is -0.120.